The Balaban J connectivity index is 2.41. The molecule has 1 N–H and O–H groups in total. The van der Waals surface area contributed by atoms with Crippen molar-refractivity contribution in [3.8, 4) is 0 Å². The van der Waals surface area contributed by atoms with E-state index in [1.165, 1.54) is 5.69 Å². The van der Waals surface area contributed by atoms with Gasteiger partial charge in [-0.3, -0.25) is 0 Å². The molecule has 1 rings (SSSR count). The first-order chi connectivity index (χ1) is 7.80. The van der Waals surface area contributed by atoms with Gasteiger partial charge >= 0.3 is 0 Å². The Kier molecular flexibility index (Phi) is 5.42. The fraction of sp³-hybridized carbons (Fsp3) is 0.769. The Morgan fingerprint density at radius 2 is 2.06 bits per heavy atom. The summed E-state index contributed by atoms with van der Waals surface area (Å²) in [6, 6.07) is 0. The molecule has 0 radical (unpaired) electrons. The molecule has 2 nitrogen and oxygen atoms in total. The van der Waals surface area contributed by atoms with E-state index >= 15 is 0 Å². The lowest BCUT2D eigenvalue weighted by Crippen LogP contribution is -2.26. The van der Waals surface area contributed by atoms with Gasteiger partial charge in [-0.1, -0.05) is 34.6 Å². The number of nitrogens with one attached hydrogen (secondary N) is 1. The van der Waals surface area contributed by atoms with Crippen molar-refractivity contribution < 1.29 is 0 Å². The van der Waals surface area contributed by atoms with Crippen molar-refractivity contribution in [1.29, 1.82) is 0 Å². The van der Waals surface area contributed by atoms with Crippen molar-refractivity contribution in [2.45, 2.75) is 52.0 Å². The standard InChI is InChI=1S/C13H23ClN2S/c1-9(2)10(14)6-15-7-12-16-11(8-17-12)13(3,4)5/h8-10,15H,6-7H2,1-5H3. The number of rotatable bonds is 5. The number of halogens is 1. The second-order valence-electron chi connectivity index (χ2n) is 5.77. The molecule has 0 fully saturated rings. The fourth-order valence-corrected chi connectivity index (χ4v) is 2.39. The normalized spacial score (nSPS) is 14.3. The van der Waals surface area contributed by atoms with Crippen molar-refractivity contribution in [2.75, 3.05) is 6.54 Å². The van der Waals surface area contributed by atoms with Gasteiger partial charge in [-0.05, 0) is 5.92 Å². The highest BCUT2D eigenvalue weighted by atomic mass is 35.5. The van der Waals surface area contributed by atoms with Crippen LogP contribution in [0.4, 0.5) is 0 Å². The Morgan fingerprint density at radius 3 is 2.53 bits per heavy atom. The number of nitrogens with zero attached hydrogens (tertiary/aromatic N) is 1. The molecule has 1 heterocycles. The van der Waals surface area contributed by atoms with Crippen molar-refractivity contribution in [3.05, 3.63) is 16.1 Å². The molecule has 0 saturated heterocycles. The molecule has 0 aliphatic rings. The molecule has 0 bridgehead atoms. The summed E-state index contributed by atoms with van der Waals surface area (Å²) < 4.78 is 0. The summed E-state index contributed by atoms with van der Waals surface area (Å²) in [4.78, 5) is 4.64. The Labute approximate surface area is 114 Å². The number of hydrogen-bond acceptors (Lipinski definition) is 3. The van der Waals surface area contributed by atoms with E-state index in [1.54, 1.807) is 11.3 Å². The van der Waals surface area contributed by atoms with Crippen LogP contribution in [-0.2, 0) is 12.0 Å². The maximum absolute atomic E-state index is 6.18. The minimum absolute atomic E-state index is 0.141. The number of aromatic nitrogens is 1. The molecule has 1 aromatic heterocycles. The summed E-state index contributed by atoms with van der Waals surface area (Å²) in [6.07, 6.45) is 0. The third-order valence-electron chi connectivity index (χ3n) is 2.66. The molecule has 1 aromatic rings. The molecule has 0 aromatic carbocycles. The van der Waals surface area contributed by atoms with Crippen LogP contribution in [0.3, 0.4) is 0 Å². The summed E-state index contributed by atoms with van der Waals surface area (Å²) >= 11 is 7.90. The highest BCUT2D eigenvalue weighted by Crippen LogP contribution is 2.23. The average Bonchev–Trinajstić information content (AvgIpc) is 2.65. The SMILES string of the molecule is CC(C)C(Cl)CNCc1nc(C(C)(C)C)cs1. The largest absolute Gasteiger partial charge is 0.309 e. The van der Waals surface area contributed by atoms with Gasteiger partial charge < -0.3 is 5.32 Å². The third kappa shape index (κ3) is 4.94. The smallest absolute Gasteiger partial charge is 0.107 e. The van der Waals surface area contributed by atoms with Gasteiger partial charge in [0.05, 0.1) is 5.69 Å². The number of alkyl halides is 1. The number of thiazole rings is 1. The lowest BCUT2D eigenvalue weighted by Gasteiger charge is -2.14. The topological polar surface area (TPSA) is 24.9 Å². The zero-order chi connectivity index (χ0) is 13.1. The maximum Gasteiger partial charge on any atom is 0.107 e. The van der Waals surface area contributed by atoms with E-state index in [0.29, 0.717) is 5.92 Å². The van der Waals surface area contributed by atoms with E-state index in [-0.39, 0.29) is 10.8 Å². The predicted octanol–water partition coefficient (Wildman–Crippen LogP) is 3.79. The zero-order valence-electron chi connectivity index (χ0n) is 11.4. The first-order valence-corrected chi connectivity index (χ1v) is 7.42. The summed E-state index contributed by atoms with van der Waals surface area (Å²) in [7, 11) is 0. The molecule has 0 amide bonds. The van der Waals surface area contributed by atoms with E-state index < -0.39 is 0 Å². The van der Waals surface area contributed by atoms with Crippen molar-refractivity contribution >= 4 is 22.9 Å². The molecular weight excluding hydrogens is 252 g/mol. The van der Waals surface area contributed by atoms with Crippen LogP contribution in [0.2, 0.25) is 0 Å². The Morgan fingerprint density at radius 1 is 1.41 bits per heavy atom. The number of hydrogen-bond donors (Lipinski definition) is 1. The quantitative estimate of drug-likeness (QED) is 0.827. The van der Waals surface area contributed by atoms with Gasteiger partial charge in [0.25, 0.3) is 0 Å². The van der Waals surface area contributed by atoms with Gasteiger partial charge in [0.2, 0.25) is 0 Å². The Bertz CT molecular complexity index is 341. The van der Waals surface area contributed by atoms with Gasteiger partial charge in [-0.2, -0.15) is 0 Å². The highest BCUT2D eigenvalue weighted by Gasteiger charge is 2.17. The highest BCUT2D eigenvalue weighted by molar-refractivity contribution is 7.09. The van der Waals surface area contributed by atoms with Gasteiger partial charge in [0, 0.05) is 29.3 Å². The van der Waals surface area contributed by atoms with Gasteiger partial charge in [-0.15, -0.1) is 22.9 Å². The van der Waals surface area contributed by atoms with Crippen LogP contribution in [-0.4, -0.2) is 16.9 Å². The van der Waals surface area contributed by atoms with Crippen LogP contribution in [0.1, 0.15) is 45.3 Å². The zero-order valence-corrected chi connectivity index (χ0v) is 13.0. The van der Waals surface area contributed by atoms with E-state index in [4.69, 9.17) is 11.6 Å². The first-order valence-electron chi connectivity index (χ1n) is 6.10. The lowest BCUT2D eigenvalue weighted by atomic mass is 9.93. The van der Waals surface area contributed by atoms with Crippen LogP contribution in [0.25, 0.3) is 0 Å². The maximum atomic E-state index is 6.18. The van der Waals surface area contributed by atoms with Gasteiger partial charge in [0.1, 0.15) is 5.01 Å². The molecule has 1 unspecified atom stereocenters. The lowest BCUT2D eigenvalue weighted by molar-refractivity contribution is 0.541. The van der Waals surface area contributed by atoms with E-state index in [2.05, 4.69) is 50.3 Å². The minimum Gasteiger partial charge on any atom is -0.309 e. The summed E-state index contributed by atoms with van der Waals surface area (Å²) in [6.45, 7) is 12.5. The van der Waals surface area contributed by atoms with Crippen LogP contribution in [0.5, 0.6) is 0 Å². The van der Waals surface area contributed by atoms with Crippen molar-refractivity contribution in [2.24, 2.45) is 5.92 Å². The second-order valence-corrected chi connectivity index (χ2v) is 7.27. The molecule has 0 spiro atoms. The molecule has 4 heteroatoms. The van der Waals surface area contributed by atoms with Gasteiger partial charge in [0.15, 0.2) is 0 Å². The Hall–Kier alpha value is -0.120. The van der Waals surface area contributed by atoms with Gasteiger partial charge in [-0.25, -0.2) is 4.98 Å². The summed E-state index contributed by atoms with van der Waals surface area (Å²) in [5.74, 6) is 0.505. The molecule has 0 aliphatic heterocycles. The second kappa shape index (κ2) is 6.17. The third-order valence-corrected chi connectivity index (χ3v) is 4.17. The van der Waals surface area contributed by atoms with Crippen LogP contribution < -0.4 is 5.32 Å². The van der Waals surface area contributed by atoms with Crippen LogP contribution in [0, 0.1) is 5.92 Å². The molecular formula is C13H23ClN2S. The monoisotopic (exact) mass is 274 g/mol. The molecule has 17 heavy (non-hydrogen) atoms. The first kappa shape index (κ1) is 14.9. The van der Waals surface area contributed by atoms with Crippen LogP contribution >= 0.6 is 22.9 Å². The molecule has 0 aliphatic carbocycles. The molecule has 0 saturated carbocycles. The fourth-order valence-electron chi connectivity index (χ4n) is 1.29. The molecule has 1 atom stereocenters. The minimum atomic E-state index is 0.141. The van der Waals surface area contributed by atoms with E-state index in [1.807, 2.05) is 0 Å². The van der Waals surface area contributed by atoms with Crippen molar-refractivity contribution in [3.63, 3.8) is 0 Å². The molecule has 98 valence electrons. The summed E-state index contributed by atoms with van der Waals surface area (Å²) in [5.41, 5.74) is 1.31. The van der Waals surface area contributed by atoms with E-state index in [0.717, 1.165) is 18.1 Å². The average molecular weight is 275 g/mol. The van der Waals surface area contributed by atoms with Crippen LogP contribution in [0.15, 0.2) is 5.38 Å². The predicted molar refractivity (Wildman–Crippen MR) is 77.0 cm³/mol. The summed E-state index contributed by atoms with van der Waals surface area (Å²) in [5, 5.41) is 6.85. The van der Waals surface area contributed by atoms with E-state index in [9.17, 15) is 0 Å². The van der Waals surface area contributed by atoms with Crippen molar-refractivity contribution in [1.82, 2.24) is 10.3 Å².